The number of hydrogen-bond acceptors (Lipinski definition) is 3. The second-order valence-electron chi connectivity index (χ2n) is 5.33. The summed E-state index contributed by atoms with van der Waals surface area (Å²) >= 11 is 0. The second kappa shape index (κ2) is 7.41. The van der Waals surface area contributed by atoms with Crippen molar-refractivity contribution in [2.24, 2.45) is 0 Å². The molecule has 110 valence electrons. The van der Waals surface area contributed by atoms with Crippen LogP contribution in [0, 0.1) is 0 Å². The topological polar surface area (TPSA) is 41.6 Å². The molecule has 1 amide bonds. The molecule has 1 aliphatic rings. The van der Waals surface area contributed by atoms with Crippen LogP contribution in [0.1, 0.15) is 31.7 Å². The molecule has 0 radical (unpaired) electrons. The Morgan fingerprint density at radius 1 is 1.35 bits per heavy atom. The lowest BCUT2D eigenvalue weighted by atomic mass is 9.97. The van der Waals surface area contributed by atoms with E-state index >= 15 is 0 Å². The van der Waals surface area contributed by atoms with E-state index in [4.69, 9.17) is 4.74 Å². The predicted octanol–water partition coefficient (Wildman–Crippen LogP) is 2.47. The van der Waals surface area contributed by atoms with Crippen LogP contribution in [0.15, 0.2) is 24.3 Å². The molecule has 4 heteroatoms. The van der Waals surface area contributed by atoms with Gasteiger partial charge in [-0.3, -0.25) is 9.69 Å². The van der Waals surface area contributed by atoms with Crippen LogP contribution in [0.3, 0.4) is 0 Å². The van der Waals surface area contributed by atoms with Crippen molar-refractivity contribution in [1.29, 1.82) is 0 Å². The number of ether oxygens (including phenoxy) is 1. The molecular weight excluding hydrogens is 252 g/mol. The molecular formula is C16H24N2O2. The molecule has 4 nitrogen and oxygen atoms in total. The standard InChI is InChI=1S/C16H24N2O2/c1-3-13(2)14-6-4-5-7-15(14)17-16(19)12-18-8-10-20-11-9-18/h4-7,13H,3,8-12H2,1-2H3,(H,17,19)/t13-/m0/s1. The lowest BCUT2D eigenvalue weighted by molar-refractivity contribution is -0.118. The lowest BCUT2D eigenvalue weighted by Crippen LogP contribution is -2.41. The molecule has 20 heavy (non-hydrogen) atoms. The van der Waals surface area contributed by atoms with Gasteiger partial charge in [0.1, 0.15) is 0 Å². The predicted molar refractivity (Wildman–Crippen MR) is 81.0 cm³/mol. The Kier molecular flexibility index (Phi) is 5.56. The first-order chi connectivity index (χ1) is 9.70. The minimum Gasteiger partial charge on any atom is -0.379 e. The van der Waals surface area contributed by atoms with E-state index in [1.807, 2.05) is 18.2 Å². The van der Waals surface area contributed by atoms with Gasteiger partial charge < -0.3 is 10.1 Å². The maximum absolute atomic E-state index is 12.2. The highest BCUT2D eigenvalue weighted by atomic mass is 16.5. The fraction of sp³-hybridized carbons (Fsp3) is 0.562. The van der Waals surface area contributed by atoms with Crippen molar-refractivity contribution >= 4 is 11.6 Å². The molecule has 0 unspecified atom stereocenters. The maximum atomic E-state index is 12.2. The summed E-state index contributed by atoms with van der Waals surface area (Å²) in [5.41, 5.74) is 2.16. The van der Waals surface area contributed by atoms with Gasteiger partial charge in [-0.2, -0.15) is 0 Å². The van der Waals surface area contributed by atoms with Crippen LogP contribution < -0.4 is 5.32 Å². The number of rotatable bonds is 5. The number of nitrogens with one attached hydrogen (secondary N) is 1. The van der Waals surface area contributed by atoms with E-state index in [0.717, 1.165) is 38.4 Å². The summed E-state index contributed by atoms with van der Waals surface area (Å²) in [6, 6.07) is 8.08. The summed E-state index contributed by atoms with van der Waals surface area (Å²) in [7, 11) is 0. The Balaban J connectivity index is 1.96. The molecule has 1 fully saturated rings. The van der Waals surface area contributed by atoms with E-state index < -0.39 is 0 Å². The summed E-state index contributed by atoms with van der Waals surface area (Å²) < 4.78 is 5.29. The van der Waals surface area contributed by atoms with Crippen molar-refractivity contribution in [2.75, 3.05) is 38.2 Å². The Morgan fingerprint density at radius 3 is 2.75 bits per heavy atom. The first-order valence-corrected chi connectivity index (χ1v) is 7.39. The number of carbonyl (C=O) groups is 1. The number of benzene rings is 1. The lowest BCUT2D eigenvalue weighted by Gasteiger charge is -2.26. The number of para-hydroxylation sites is 1. The highest BCUT2D eigenvalue weighted by Crippen LogP contribution is 2.26. The molecule has 1 heterocycles. The Bertz CT molecular complexity index is 442. The third-order valence-corrected chi connectivity index (χ3v) is 3.85. The van der Waals surface area contributed by atoms with Gasteiger partial charge in [-0.15, -0.1) is 0 Å². The largest absolute Gasteiger partial charge is 0.379 e. The van der Waals surface area contributed by atoms with E-state index in [9.17, 15) is 4.79 Å². The number of hydrogen-bond donors (Lipinski definition) is 1. The summed E-state index contributed by atoms with van der Waals surface area (Å²) in [6.45, 7) is 7.90. The van der Waals surface area contributed by atoms with Crippen LogP contribution in [0.2, 0.25) is 0 Å². The molecule has 0 aliphatic carbocycles. The second-order valence-corrected chi connectivity index (χ2v) is 5.33. The van der Waals surface area contributed by atoms with Crippen LogP contribution in [0.25, 0.3) is 0 Å². The molecule has 1 saturated heterocycles. The first-order valence-electron chi connectivity index (χ1n) is 7.39. The summed E-state index contributed by atoms with van der Waals surface area (Å²) in [5.74, 6) is 0.512. The van der Waals surface area contributed by atoms with Crippen LogP contribution in [-0.4, -0.2) is 43.7 Å². The van der Waals surface area contributed by atoms with Gasteiger partial charge in [-0.1, -0.05) is 32.0 Å². The summed E-state index contributed by atoms with van der Waals surface area (Å²) in [6.07, 6.45) is 1.07. The van der Waals surface area contributed by atoms with Crippen LogP contribution in [0.5, 0.6) is 0 Å². The smallest absolute Gasteiger partial charge is 0.238 e. The fourth-order valence-electron chi connectivity index (χ4n) is 2.41. The molecule has 0 bridgehead atoms. The normalized spacial score (nSPS) is 17.7. The van der Waals surface area contributed by atoms with E-state index in [1.165, 1.54) is 5.56 Å². The van der Waals surface area contributed by atoms with Crippen LogP contribution in [-0.2, 0) is 9.53 Å². The van der Waals surface area contributed by atoms with E-state index in [-0.39, 0.29) is 5.91 Å². The third kappa shape index (κ3) is 4.05. The number of anilines is 1. The monoisotopic (exact) mass is 276 g/mol. The van der Waals surface area contributed by atoms with E-state index in [0.29, 0.717) is 12.5 Å². The zero-order valence-electron chi connectivity index (χ0n) is 12.4. The molecule has 0 saturated carbocycles. The summed E-state index contributed by atoms with van der Waals surface area (Å²) in [5, 5.41) is 3.05. The molecule has 2 rings (SSSR count). The van der Waals surface area contributed by atoms with Gasteiger partial charge in [-0.25, -0.2) is 0 Å². The van der Waals surface area contributed by atoms with Gasteiger partial charge in [0.15, 0.2) is 0 Å². The molecule has 1 atom stereocenters. The van der Waals surface area contributed by atoms with Crippen molar-refractivity contribution in [3.8, 4) is 0 Å². The molecule has 1 aromatic carbocycles. The quantitative estimate of drug-likeness (QED) is 0.898. The SMILES string of the molecule is CC[C@H](C)c1ccccc1NC(=O)CN1CCOCC1. The highest BCUT2D eigenvalue weighted by Gasteiger charge is 2.16. The highest BCUT2D eigenvalue weighted by molar-refractivity contribution is 5.93. The third-order valence-electron chi connectivity index (χ3n) is 3.85. The fourth-order valence-corrected chi connectivity index (χ4v) is 2.41. The van der Waals surface area contributed by atoms with Gasteiger partial charge >= 0.3 is 0 Å². The summed E-state index contributed by atoms with van der Waals surface area (Å²) in [4.78, 5) is 14.3. The minimum atomic E-state index is 0.0580. The average molecular weight is 276 g/mol. The average Bonchev–Trinajstić information content (AvgIpc) is 2.48. The van der Waals surface area contributed by atoms with Crippen LogP contribution >= 0.6 is 0 Å². The number of amides is 1. The molecule has 0 spiro atoms. The zero-order valence-corrected chi connectivity index (χ0v) is 12.4. The van der Waals surface area contributed by atoms with Crippen molar-refractivity contribution in [3.63, 3.8) is 0 Å². The molecule has 0 aromatic heterocycles. The van der Waals surface area contributed by atoms with Gasteiger partial charge in [0, 0.05) is 18.8 Å². The number of morpholine rings is 1. The Hall–Kier alpha value is -1.39. The Labute approximate surface area is 121 Å². The minimum absolute atomic E-state index is 0.0580. The van der Waals surface area contributed by atoms with Crippen molar-refractivity contribution in [1.82, 2.24) is 4.90 Å². The molecule has 1 aromatic rings. The first kappa shape index (κ1) is 15.0. The van der Waals surface area contributed by atoms with Crippen molar-refractivity contribution in [3.05, 3.63) is 29.8 Å². The van der Waals surface area contributed by atoms with Crippen molar-refractivity contribution < 1.29 is 9.53 Å². The number of nitrogens with zero attached hydrogens (tertiary/aromatic N) is 1. The van der Waals surface area contributed by atoms with Gasteiger partial charge in [0.2, 0.25) is 5.91 Å². The molecule has 1 N–H and O–H groups in total. The van der Waals surface area contributed by atoms with Gasteiger partial charge in [0.25, 0.3) is 0 Å². The van der Waals surface area contributed by atoms with E-state index in [1.54, 1.807) is 0 Å². The van der Waals surface area contributed by atoms with Crippen LogP contribution in [0.4, 0.5) is 5.69 Å². The number of carbonyl (C=O) groups excluding carboxylic acids is 1. The van der Waals surface area contributed by atoms with Gasteiger partial charge in [-0.05, 0) is 24.0 Å². The Morgan fingerprint density at radius 2 is 2.05 bits per heavy atom. The zero-order chi connectivity index (χ0) is 14.4. The van der Waals surface area contributed by atoms with Gasteiger partial charge in [0.05, 0.1) is 19.8 Å². The van der Waals surface area contributed by atoms with Crippen molar-refractivity contribution in [2.45, 2.75) is 26.2 Å². The van der Waals surface area contributed by atoms with E-state index in [2.05, 4.69) is 30.1 Å². The molecule has 1 aliphatic heterocycles. The maximum Gasteiger partial charge on any atom is 0.238 e.